The van der Waals surface area contributed by atoms with Crippen molar-refractivity contribution in [2.24, 2.45) is 0 Å². The van der Waals surface area contributed by atoms with E-state index >= 15 is 0 Å². The number of sulfonamides is 1. The lowest BCUT2D eigenvalue weighted by Gasteiger charge is -2.40. The maximum atomic E-state index is 13.6. The lowest BCUT2D eigenvalue weighted by molar-refractivity contribution is 0.111. The van der Waals surface area contributed by atoms with Gasteiger partial charge in [-0.05, 0) is 45.7 Å². The predicted octanol–water partition coefficient (Wildman–Crippen LogP) is 4.32. The van der Waals surface area contributed by atoms with Crippen molar-refractivity contribution in [1.29, 1.82) is 0 Å². The van der Waals surface area contributed by atoms with E-state index in [4.69, 9.17) is 0 Å². The molecule has 1 aliphatic heterocycles. The molecule has 0 radical (unpaired) electrons. The Kier molecular flexibility index (Phi) is 8.14. The fourth-order valence-electron chi connectivity index (χ4n) is 5.43. The topological polar surface area (TPSA) is 84.2 Å². The summed E-state index contributed by atoms with van der Waals surface area (Å²) in [5, 5.41) is 13.3. The minimum absolute atomic E-state index is 0. The lowest BCUT2D eigenvalue weighted by Crippen LogP contribution is -2.52. The van der Waals surface area contributed by atoms with Gasteiger partial charge in [-0.25, -0.2) is 13.1 Å². The van der Waals surface area contributed by atoms with Gasteiger partial charge in [0, 0.05) is 37.8 Å². The van der Waals surface area contributed by atoms with Gasteiger partial charge in [0.1, 0.15) is 4.90 Å². The molecule has 3 aromatic rings. The zero-order chi connectivity index (χ0) is 24.6. The molecule has 1 saturated heterocycles. The first-order valence-electron chi connectivity index (χ1n) is 12.6. The number of benzene rings is 1. The van der Waals surface area contributed by atoms with Crippen LogP contribution in [0.5, 0.6) is 0 Å². The van der Waals surface area contributed by atoms with Gasteiger partial charge in [-0.3, -0.25) is 4.90 Å². The van der Waals surface area contributed by atoms with Crippen LogP contribution in [0, 0.1) is 20.8 Å². The fraction of sp³-hybridized carbons (Fsp3) is 0.500. The van der Waals surface area contributed by atoms with Crippen molar-refractivity contribution in [1.82, 2.24) is 29.2 Å². The Morgan fingerprint density at radius 3 is 2.11 bits per heavy atom. The first-order valence-corrected chi connectivity index (χ1v) is 14.0. The third-order valence-electron chi connectivity index (χ3n) is 7.40. The van der Waals surface area contributed by atoms with Crippen molar-refractivity contribution >= 4 is 22.4 Å². The molecule has 0 spiro atoms. The molecule has 1 aromatic carbocycles. The predicted molar refractivity (Wildman–Crippen MR) is 143 cm³/mol. The van der Waals surface area contributed by atoms with Crippen LogP contribution < -0.4 is 0 Å². The summed E-state index contributed by atoms with van der Waals surface area (Å²) in [6.07, 6.45) is 6.38. The molecule has 1 aliphatic carbocycles. The number of nitrogens with zero attached hydrogens (tertiary/aromatic N) is 6. The summed E-state index contributed by atoms with van der Waals surface area (Å²) in [7, 11) is -3.64. The van der Waals surface area contributed by atoms with Crippen LogP contribution in [0.15, 0.2) is 41.3 Å². The smallest absolute Gasteiger partial charge is 0.246 e. The Morgan fingerprint density at radius 2 is 1.50 bits per heavy atom. The van der Waals surface area contributed by atoms with Crippen molar-refractivity contribution in [3.63, 3.8) is 0 Å². The van der Waals surface area contributed by atoms with Crippen LogP contribution in [-0.2, 0) is 10.0 Å². The van der Waals surface area contributed by atoms with Crippen LogP contribution in [0.1, 0.15) is 49.1 Å². The van der Waals surface area contributed by atoms with Gasteiger partial charge in [-0.2, -0.15) is 9.40 Å². The average molecular weight is 531 g/mol. The van der Waals surface area contributed by atoms with Crippen LogP contribution >= 0.6 is 12.4 Å². The standard InChI is InChI=1S/C26H34N6O2S.ClH/c1-19-9-11-22(12-10-19)24-13-14-25(28-27-24)32-21(3)26(20(2)29-32)35(33,34)31-17-15-30(16-18-31)23-7-5-4-6-8-23;/h9-14,23H,4-8,15-18H2,1-3H3;1H. The summed E-state index contributed by atoms with van der Waals surface area (Å²) in [5.41, 5.74) is 3.99. The van der Waals surface area contributed by atoms with Crippen LogP contribution in [0.25, 0.3) is 17.1 Å². The Bertz CT molecular complexity index is 1280. The molecule has 3 heterocycles. The van der Waals surface area contributed by atoms with Crippen LogP contribution in [-0.4, -0.2) is 69.8 Å². The molecule has 2 fully saturated rings. The molecule has 2 aromatic heterocycles. The van der Waals surface area contributed by atoms with Crippen molar-refractivity contribution in [2.45, 2.75) is 63.8 Å². The third-order valence-corrected chi connectivity index (χ3v) is 9.55. The number of hydrogen-bond acceptors (Lipinski definition) is 6. The molecule has 194 valence electrons. The highest BCUT2D eigenvalue weighted by molar-refractivity contribution is 7.89. The van der Waals surface area contributed by atoms with E-state index in [0.29, 0.717) is 36.3 Å². The third kappa shape index (κ3) is 5.20. The molecule has 2 aliphatic rings. The highest BCUT2D eigenvalue weighted by Crippen LogP contribution is 2.28. The normalized spacial score (nSPS) is 18.2. The number of halogens is 1. The molecule has 0 N–H and O–H groups in total. The van der Waals surface area contributed by atoms with E-state index in [0.717, 1.165) is 24.3 Å². The summed E-state index contributed by atoms with van der Waals surface area (Å²) in [4.78, 5) is 2.77. The molecule has 0 amide bonds. The van der Waals surface area contributed by atoms with Gasteiger partial charge >= 0.3 is 0 Å². The Balaban J connectivity index is 0.00000304. The van der Waals surface area contributed by atoms with Crippen LogP contribution in [0.3, 0.4) is 0 Å². The van der Waals surface area contributed by atoms with Crippen LogP contribution in [0.4, 0.5) is 0 Å². The molecule has 0 atom stereocenters. The van der Waals surface area contributed by atoms with Crippen molar-refractivity contribution in [2.75, 3.05) is 26.2 Å². The van der Waals surface area contributed by atoms with Gasteiger partial charge in [-0.15, -0.1) is 22.6 Å². The monoisotopic (exact) mass is 530 g/mol. The summed E-state index contributed by atoms with van der Waals surface area (Å²) >= 11 is 0. The van der Waals surface area contributed by atoms with Crippen molar-refractivity contribution in [3.05, 3.63) is 53.3 Å². The van der Waals surface area contributed by atoms with Crippen molar-refractivity contribution < 1.29 is 8.42 Å². The summed E-state index contributed by atoms with van der Waals surface area (Å²) in [5.74, 6) is 0.505. The largest absolute Gasteiger partial charge is 0.298 e. The summed E-state index contributed by atoms with van der Waals surface area (Å²) < 4.78 is 30.5. The van der Waals surface area contributed by atoms with Gasteiger partial charge in [-0.1, -0.05) is 49.1 Å². The number of rotatable bonds is 5. The lowest BCUT2D eigenvalue weighted by atomic mass is 9.94. The summed E-state index contributed by atoms with van der Waals surface area (Å²) in [6.45, 7) is 8.22. The van der Waals surface area contributed by atoms with Gasteiger partial charge in [0.25, 0.3) is 0 Å². The van der Waals surface area contributed by atoms with Gasteiger partial charge in [0.2, 0.25) is 10.0 Å². The van der Waals surface area contributed by atoms with E-state index in [2.05, 4.69) is 20.2 Å². The maximum absolute atomic E-state index is 13.6. The highest BCUT2D eigenvalue weighted by Gasteiger charge is 2.35. The van der Waals surface area contributed by atoms with E-state index in [9.17, 15) is 8.42 Å². The van der Waals surface area contributed by atoms with E-state index in [1.807, 2.05) is 43.3 Å². The summed E-state index contributed by atoms with van der Waals surface area (Å²) in [6, 6.07) is 12.4. The first kappa shape index (κ1) is 26.7. The molecule has 0 bridgehead atoms. The zero-order valence-corrected chi connectivity index (χ0v) is 22.9. The van der Waals surface area contributed by atoms with Crippen LogP contribution in [0.2, 0.25) is 0 Å². The van der Waals surface area contributed by atoms with E-state index < -0.39 is 10.0 Å². The quantitative estimate of drug-likeness (QED) is 0.488. The number of hydrogen-bond donors (Lipinski definition) is 0. The number of aromatic nitrogens is 4. The van der Waals surface area contributed by atoms with E-state index in [1.54, 1.807) is 22.8 Å². The molecule has 10 heteroatoms. The highest BCUT2D eigenvalue weighted by atomic mass is 35.5. The van der Waals surface area contributed by atoms with Gasteiger partial charge in [0.05, 0.1) is 17.1 Å². The SMILES string of the molecule is Cc1ccc(-c2ccc(-n3nc(C)c(S(=O)(=O)N4CCN(C5CCCCC5)CC4)c3C)nn2)cc1.Cl. The number of piperazine rings is 1. The molecule has 8 nitrogen and oxygen atoms in total. The van der Waals surface area contributed by atoms with Gasteiger partial charge < -0.3 is 0 Å². The van der Waals surface area contributed by atoms with Gasteiger partial charge in [0.15, 0.2) is 5.82 Å². The molecule has 1 saturated carbocycles. The number of aryl methyl sites for hydroxylation is 2. The Labute approximate surface area is 220 Å². The Morgan fingerprint density at radius 1 is 0.833 bits per heavy atom. The molecule has 0 unspecified atom stereocenters. The fourth-order valence-corrected chi connectivity index (χ4v) is 7.20. The second-order valence-electron chi connectivity index (χ2n) is 9.79. The molecule has 5 rings (SSSR count). The van der Waals surface area contributed by atoms with E-state index in [-0.39, 0.29) is 17.3 Å². The second-order valence-corrected chi connectivity index (χ2v) is 11.7. The Hall–Kier alpha value is -2.33. The molecule has 36 heavy (non-hydrogen) atoms. The van der Waals surface area contributed by atoms with E-state index in [1.165, 1.54) is 37.7 Å². The molecular formula is C26H35ClN6O2S. The maximum Gasteiger partial charge on any atom is 0.246 e. The minimum atomic E-state index is -3.64. The van der Waals surface area contributed by atoms with Crippen molar-refractivity contribution in [3.8, 4) is 17.1 Å². The average Bonchev–Trinajstić information content (AvgIpc) is 3.19. The second kappa shape index (κ2) is 11.0. The zero-order valence-electron chi connectivity index (χ0n) is 21.2. The molecular weight excluding hydrogens is 496 g/mol. The first-order chi connectivity index (χ1) is 16.8. The minimum Gasteiger partial charge on any atom is -0.298 e.